The minimum Gasteiger partial charge on any atom is -0.376 e. The van der Waals surface area contributed by atoms with Gasteiger partial charge in [0.05, 0.1) is 15.0 Å². The summed E-state index contributed by atoms with van der Waals surface area (Å²) >= 11 is 13.0. The zero-order chi connectivity index (χ0) is 12.4. The lowest BCUT2D eigenvalue weighted by molar-refractivity contribution is 0.628. The molecule has 1 nitrogen and oxygen atoms in total. The maximum atomic E-state index is 13.7. The Labute approximate surface area is 113 Å². The fourth-order valence-corrected chi connectivity index (χ4v) is 2.64. The van der Waals surface area contributed by atoms with Crippen LogP contribution < -0.4 is 5.32 Å². The zero-order valence-corrected chi connectivity index (χ0v) is 11.3. The van der Waals surface area contributed by atoms with Crippen molar-refractivity contribution in [1.29, 1.82) is 0 Å². The van der Waals surface area contributed by atoms with Crippen LogP contribution in [-0.4, -0.2) is 0 Å². The minimum absolute atomic E-state index is 0.0216. The Bertz CT molecular complexity index is 527. The molecule has 1 unspecified atom stereocenters. The van der Waals surface area contributed by atoms with Crippen LogP contribution in [0.15, 0.2) is 29.6 Å². The summed E-state index contributed by atoms with van der Waals surface area (Å²) in [5.74, 6) is -0.428. The number of thiophene rings is 1. The molecule has 2 aromatic rings. The summed E-state index contributed by atoms with van der Waals surface area (Å²) in [5.41, 5.74) is 1.42. The second-order valence-electron chi connectivity index (χ2n) is 3.65. The van der Waals surface area contributed by atoms with Gasteiger partial charge in [-0.2, -0.15) is 0 Å². The summed E-state index contributed by atoms with van der Waals surface area (Å²) < 4.78 is 14.4. The average Bonchev–Trinajstić information content (AvgIpc) is 2.72. The lowest BCUT2D eigenvalue weighted by atomic mass is 10.1. The molecular formula is C12H10Cl2FNS. The van der Waals surface area contributed by atoms with E-state index >= 15 is 0 Å². The Hall–Kier alpha value is -0.770. The summed E-state index contributed by atoms with van der Waals surface area (Å²) in [4.78, 5) is 0. The topological polar surface area (TPSA) is 12.0 Å². The van der Waals surface area contributed by atoms with E-state index in [2.05, 4.69) is 5.32 Å². The lowest BCUT2D eigenvalue weighted by Gasteiger charge is -2.15. The summed E-state index contributed by atoms with van der Waals surface area (Å²) in [6.45, 7) is 1.94. The van der Waals surface area contributed by atoms with Crippen LogP contribution in [-0.2, 0) is 0 Å². The van der Waals surface area contributed by atoms with E-state index in [0.29, 0.717) is 5.69 Å². The van der Waals surface area contributed by atoms with Gasteiger partial charge in [-0.25, -0.2) is 4.39 Å². The third-order valence-electron chi connectivity index (χ3n) is 2.41. The minimum atomic E-state index is -0.428. The highest BCUT2D eigenvalue weighted by molar-refractivity contribution is 7.14. The van der Waals surface area contributed by atoms with Gasteiger partial charge in [-0.15, -0.1) is 11.3 Å². The maximum absolute atomic E-state index is 13.7. The molecule has 1 aromatic carbocycles. The van der Waals surface area contributed by atoms with Crippen molar-refractivity contribution in [1.82, 2.24) is 0 Å². The first kappa shape index (κ1) is 12.7. The van der Waals surface area contributed by atoms with Gasteiger partial charge in [0.1, 0.15) is 0 Å². The molecular weight excluding hydrogens is 280 g/mol. The highest BCUT2D eigenvalue weighted by Gasteiger charge is 2.11. The summed E-state index contributed by atoms with van der Waals surface area (Å²) in [5, 5.41) is 5.13. The fraction of sp³-hybridized carbons (Fsp3) is 0.167. The van der Waals surface area contributed by atoms with E-state index in [1.807, 2.05) is 18.4 Å². The van der Waals surface area contributed by atoms with Gasteiger partial charge in [0.2, 0.25) is 0 Å². The molecule has 90 valence electrons. The Balaban J connectivity index is 2.18. The van der Waals surface area contributed by atoms with E-state index in [4.69, 9.17) is 23.2 Å². The average molecular weight is 290 g/mol. The van der Waals surface area contributed by atoms with Crippen LogP contribution in [0.2, 0.25) is 9.36 Å². The van der Waals surface area contributed by atoms with E-state index in [1.54, 1.807) is 12.1 Å². The predicted molar refractivity (Wildman–Crippen MR) is 72.8 cm³/mol. The molecule has 0 fully saturated rings. The van der Waals surface area contributed by atoms with E-state index < -0.39 is 5.82 Å². The van der Waals surface area contributed by atoms with Gasteiger partial charge in [0.25, 0.3) is 0 Å². The van der Waals surface area contributed by atoms with Crippen molar-refractivity contribution < 1.29 is 4.39 Å². The smallest absolute Gasteiger partial charge is 0.164 e. The second-order valence-corrected chi connectivity index (χ2v) is 5.60. The Morgan fingerprint density at radius 2 is 2.12 bits per heavy atom. The van der Waals surface area contributed by atoms with Crippen LogP contribution in [0.4, 0.5) is 10.1 Å². The molecule has 0 radical (unpaired) electrons. The molecule has 0 amide bonds. The molecule has 0 bridgehead atoms. The molecule has 5 heteroatoms. The normalized spacial score (nSPS) is 12.5. The number of nitrogens with one attached hydrogen (secondary N) is 1. The van der Waals surface area contributed by atoms with Gasteiger partial charge >= 0.3 is 0 Å². The Kier molecular flexibility index (Phi) is 3.92. The predicted octanol–water partition coefficient (Wildman–Crippen LogP) is 5.37. The number of rotatable bonds is 3. The number of halogens is 3. The molecule has 0 aliphatic rings. The first-order valence-corrected chi connectivity index (χ1v) is 6.66. The van der Waals surface area contributed by atoms with E-state index in [9.17, 15) is 4.39 Å². The third-order valence-corrected chi connectivity index (χ3v) is 3.81. The Morgan fingerprint density at radius 1 is 1.35 bits per heavy atom. The molecule has 1 N–H and O–H groups in total. The van der Waals surface area contributed by atoms with Gasteiger partial charge in [-0.05, 0) is 36.1 Å². The molecule has 17 heavy (non-hydrogen) atoms. The second kappa shape index (κ2) is 5.25. The van der Waals surface area contributed by atoms with Crippen LogP contribution in [0, 0.1) is 5.82 Å². The van der Waals surface area contributed by atoms with Crippen LogP contribution in [0.1, 0.15) is 18.5 Å². The molecule has 2 rings (SSSR count). The number of hydrogen-bond acceptors (Lipinski definition) is 2. The first-order valence-electron chi connectivity index (χ1n) is 5.02. The van der Waals surface area contributed by atoms with Crippen molar-refractivity contribution >= 4 is 40.2 Å². The van der Waals surface area contributed by atoms with Crippen molar-refractivity contribution in [3.8, 4) is 0 Å². The Morgan fingerprint density at radius 3 is 2.76 bits per heavy atom. The molecule has 0 aliphatic heterocycles. The number of anilines is 1. The number of hydrogen-bond donors (Lipinski definition) is 1. The first-order chi connectivity index (χ1) is 8.08. The van der Waals surface area contributed by atoms with Crippen LogP contribution in [0.3, 0.4) is 0 Å². The lowest BCUT2D eigenvalue weighted by Crippen LogP contribution is -2.07. The van der Waals surface area contributed by atoms with Crippen LogP contribution in [0.25, 0.3) is 0 Å². The van der Waals surface area contributed by atoms with Crippen molar-refractivity contribution in [2.45, 2.75) is 13.0 Å². The van der Waals surface area contributed by atoms with Crippen LogP contribution >= 0.6 is 34.5 Å². The number of benzene rings is 1. The van der Waals surface area contributed by atoms with E-state index in [-0.39, 0.29) is 11.1 Å². The van der Waals surface area contributed by atoms with Gasteiger partial charge < -0.3 is 5.32 Å². The van der Waals surface area contributed by atoms with Gasteiger partial charge in [0.15, 0.2) is 5.82 Å². The molecule has 0 spiro atoms. The van der Waals surface area contributed by atoms with E-state index in [1.165, 1.54) is 17.4 Å². The SMILES string of the molecule is CC(Nc1cccc(Cl)c1F)c1csc(Cl)c1. The third kappa shape index (κ3) is 2.92. The zero-order valence-electron chi connectivity index (χ0n) is 9.01. The summed E-state index contributed by atoms with van der Waals surface area (Å²) in [7, 11) is 0. The summed E-state index contributed by atoms with van der Waals surface area (Å²) in [6.07, 6.45) is 0. The highest BCUT2D eigenvalue weighted by Crippen LogP contribution is 2.29. The van der Waals surface area contributed by atoms with Gasteiger partial charge in [0, 0.05) is 6.04 Å². The molecule has 1 atom stereocenters. The summed E-state index contributed by atoms with van der Waals surface area (Å²) in [6, 6.07) is 6.74. The fourth-order valence-electron chi connectivity index (χ4n) is 1.48. The monoisotopic (exact) mass is 289 g/mol. The quantitative estimate of drug-likeness (QED) is 0.801. The van der Waals surface area contributed by atoms with Crippen molar-refractivity contribution in [2.75, 3.05) is 5.32 Å². The van der Waals surface area contributed by atoms with Crippen molar-refractivity contribution in [3.05, 3.63) is 50.4 Å². The highest BCUT2D eigenvalue weighted by atomic mass is 35.5. The van der Waals surface area contributed by atoms with Gasteiger partial charge in [-0.1, -0.05) is 29.3 Å². The molecule has 1 heterocycles. The largest absolute Gasteiger partial charge is 0.376 e. The maximum Gasteiger partial charge on any atom is 0.164 e. The standard InChI is InChI=1S/C12H10Cl2FNS/c1-7(8-5-11(14)17-6-8)16-10-4-2-3-9(13)12(10)15/h2-7,16H,1H3. The van der Waals surface area contributed by atoms with E-state index in [0.717, 1.165) is 9.90 Å². The molecule has 0 aliphatic carbocycles. The molecule has 0 saturated carbocycles. The van der Waals surface area contributed by atoms with Gasteiger partial charge in [-0.3, -0.25) is 0 Å². The van der Waals surface area contributed by atoms with Crippen molar-refractivity contribution in [2.24, 2.45) is 0 Å². The van der Waals surface area contributed by atoms with Crippen LogP contribution in [0.5, 0.6) is 0 Å². The molecule has 0 saturated heterocycles. The molecule has 1 aromatic heterocycles. The van der Waals surface area contributed by atoms with Crippen molar-refractivity contribution in [3.63, 3.8) is 0 Å².